The molecule has 0 spiro atoms. The molecule has 0 amide bonds. The monoisotopic (exact) mass is 247 g/mol. The van der Waals surface area contributed by atoms with E-state index in [1.54, 1.807) is 7.11 Å². The van der Waals surface area contributed by atoms with Gasteiger partial charge in [-0.2, -0.15) is 0 Å². The molecule has 0 aromatic heterocycles. The molecule has 18 heavy (non-hydrogen) atoms. The van der Waals surface area contributed by atoms with Gasteiger partial charge in [0.15, 0.2) is 0 Å². The second kappa shape index (κ2) is 6.35. The van der Waals surface area contributed by atoms with Crippen molar-refractivity contribution in [2.45, 2.75) is 43.9 Å². The van der Waals surface area contributed by atoms with Gasteiger partial charge in [0.25, 0.3) is 0 Å². The number of nitrogens with two attached hydrogens (primary N) is 1. The van der Waals surface area contributed by atoms with E-state index in [9.17, 15) is 0 Å². The van der Waals surface area contributed by atoms with Gasteiger partial charge in [-0.25, -0.2) is 0 Å². The van der Waals surface area contributed by atoms with Crippen LogP contribution in [0.4, 0.5) is 0 Å². The van der Waals surface area contributed by atoms with Crippen LogP contribution < -0.4 is 5.73 Å². The van der Waals surface area contributed by atoms with Crippen molar-refractivity contribution in [1.29, 1.82) is 0 Å². The van der Waals surface area contributed by atoms with E-state index in [0.29, 0.717) is 0 Å². The molecule has 2 nitrogen and oxygen atoms in total. The van der Waals surface area contributed by atoms with E-state index < -0.39 is 0 Å². The first-order valence-electron chi connectivity index (χ1n) is 7.09. The Labute approximate surface area is 111 Å². The summed E-state index contributed by atoms with van der Waals surface area (Å²) in [4.78, 5) is 0. The van der Waals surface area contributed by atoms with E-state index >= 15 is 0 Å². The van der Waals surface area contributed by atoms with Gasteiger partial charge in [0.05, 0.1) is 6.61 Å². The van der Waals surface area contributed by atoms with Crippen LogP contribution in [0.15, 0.2) is 24.3 Å². The molecule has 0 bridgehead atoms. The normalized spacial score (nSPS) is 18.8. The average molecular weight is 247 g/mol. The Hall–Kier alpha value is -0.860. The molecule has 2 heteroatoms. The van der Waals surface area contributed by atoms with Gasteiger partial charge in [0.2, 0.25) is 0 Å². The number of methoxy groups -OCH3 is 1. The van der Waals surface area contributed by atoms with Gasteiger partial charge in [-0.3, -0.25) is 0 Å². The Morgan fingerprint density at radius 1 is 1.11 bits per heavy atom. The van der Waals surface area contributed by atoms with Crippen LogP contribution in [0.3, 0.4) is 0 Å². The van der Waals surface area contributed by atoms with E-state index in [2.05, 4.69) is 24.3 Å². The second-order valence-electron chi connectivity index (χ2n) is 5.48. The number of ether oxygens (including phenoxy) is 1. The lowest BCUT2D eigenvalue weighted by molar-refractivity contribution is 0.202. The van der Waals surface area contributed by atoms with Gasteiger partial charge >= 0.3 is 0 Å². The topological polar surface area (TPSA) is 35.2 Å². The summed E-state index contributed by atoms with van der Waals surface area (Å²) in [5.74, 6) is 0. The van der Waals surface area contributed by atoms with E-state index in [1.807, 2.05) is 0 Å². The van der Waals surface area contributed by atoms with Crippen molar-refractivity contribution in [2.24, 2.45) is 5.73 Å². The standard InChI is InChI=1S/C16H25NO/c1-18-12-9-14-5-7-15(8-6-14)16(13-17)10-3-2-4-11-16/h5-8H,2-4,9-13,17H2,1H3. The molecular weight excluding hydrogens is 222 g/mol. The van der Waals surface area contributed by atoms with E-state index in [4.69, 9.17) is 10.5 Å². The molecule has 1 aromatic carbocycles. The number of hydrogen-bond acceptors (Lipinski definition) is 2. The van der Waals surface area contributed by atoms with Crippen LogP contribution in [0.5, 0.6) is 0 Å². The zero-order valence-corrected chi connectivity index (χ0v) is 11.5. The predicted octanol–water partition coefficient (Wildman–Crippen LogP) is 3.04. The van der Waals surface area contributed by atoms with E-state index in [0.717, 1.165) is 19.6 Å². The molecule has 1 aromatic rings. The van der Waals surface area contributed by atoms with Crippen LogP contribution >= 0.6 is 0 Å². The maximum absolute atomic E-state index is 6.07. The molecule has 2 rings (SSSR count). The average Bonchev–Trinajstić information content (AvgIpc) is 2.46. The minimum atomic E-state index is 0.248. The molecular formula is C16H25NO. The largest absolute Gasteiger partial charge is 0.384 e. The highest BCUT2D eigenvalue weighted by Crippen LogP contribution is 2.38. The SMILES string of the molecule is COCCc1ccc(C2(CN)CCCCC2)cc1. The highest BCUT2D eigenvalue weighted by molar-refractivity contribution is 5.30. The molecule has 100 valence electrons. The van der Waals surface area contributed by atoms with Crippen LogP contribution in [0, 0.1) is 0 Å². The summed E-state index contributed by atoms with van der Waals surface area (Å²) in [6, 6.07) is 9.03. The summed E-state index contributed by atoms with van der Waals surface area (Å²) < 4.78 is 5.11. The van der Waals surface area contributed by atoms with E-state index in [1.165, 1.54) is 43.2 Å². The third-order valence-electron chi connectivity index (χ3n) is 4.36. The first-order valence-corrected chi connectivity index (χ1v) is 7.09. The zero-order chi connectivity index (χ0) is 12.8. The lowest BCUT2D eigenvalue weighted by Crippen LogP contribution is -2.37. The zero-order valence-electron chi connectivity index (χ0n) is 11.5. The highest BCUT2D eigenvalue weighted by Gasteiger charge is 2.32. The van der Waals surface area contributed by atoms with Crippen LogP contribution in [0.25, 0.3) is 0 Å². The fourth-order valence-corrected chi connectivity index (χ4v) is 3.08. The summed E-state index contributed by atoms with van der Waals surface area (Å²) >= 11 is 0. The molecule has 0 saturated heterocycles. The van der Waals surface area contributed by atoms with Crippen molar-refractivity contribution < 1.29 is 4.74 Å². The minimum Gasteiger partial charge on any atom is -0.384 e. The fraction of sp³-hybridized carbons (Fsp3) is 0.625. The molecule has 0 heterocycles. The Morgan fingerprint density at radius 3 is 2.33 bits per heavy atom. The summed E-state index contributed by atoms with van der Waals surface area (Å²) in [6.07, 6.45) is 7.51. The second-order valence-corrected chi connectivity index (χ2v) is 5.48. The third-order valence-corrected chi connectivity index (χ3v) is 4.36. The van der Waals surface area contributed by atoms with Crippen LogP contribution in [-0.4, -0.2) is 20.3 Å². The van der Waals surface area contributed by atoms with E-state index in [-0.39, 0.29) is 5.41 Å². The fourth-order valence-electron chi connectivity index (χ4n) is 3.08. The summed E-state index contributed by atoms with van der Waals surface area (Å²) in [7, 11) is 1.75. The quantitative estimate of drug-likeness (QED) is 0.868. The first kappa shape index (κ1) is 13.6. The van der Waals surface area contributed by atoms with Crippen LogP contribution in [-0.2, 0) is 16.6 Å². The molecule has 0 radical (unpaired) electrons. The summed E-state index contributed by atoms with van der Waals surface area (Å²) in [6.45, 7) is 1.58. The molecule has 0 atom stereocenters. The van der Waals surface area contributed by atoms with Crippen molar-refractivity contribution in [3.05, 3.63) is 35.4 Å². The van der Waals surface area contributed by atoms with Crippen molar-refractivity contribution in [3.63, 3.8) is 0 Å². The first-order chi connectivity index (χ1) is 8.80. The molecule has 1 aliphatic carbocycles. The smallest absolute Gasteiger partial charge is 0.0502 e. The van der Waals surface area contributed by atoms with Gasteiger partial charge < -0.3 is 10.5 Å². The maximum Gasteiger partial charge on any atom is 0.0502 e. The van der Waals surface area contributed by atoms with Gasteiger partial charge in [-0.1, -0.05) is 43.5 Å². The molecule has 2 N–H and O–H groups in total. The van der Waals surface area contributed by atoms with Crippen molar-refractivity contribution in [1.82, 2.24) is 0 Å². The molecule has 0 aliphatic heterocycles. The van der Waals surface area contributed by atoms with Crippen molar-refractivity contribution in [2.75, 3.05) is 20.3 Å². The number of hydrogen-bond donors (Lipinski definition) is 1. The summed E-state index contributed by atoms with van der Waals surface area (Å²) in [5, 5.41) is 0. The van der Waals surface area contributed by atoms with Gasteiger partial charge in [0.1, 0.15) is 0 Å². The number of rotatable bonds is 5. The van der Waals surface area contributed by atoms with Crippen molar-refractivity contribution in [3.8, 4) is 0 Å². The Balaban J connectivity index is 2.11. The summed E-state index contributed by atoms with van der Waals surface area (Å²) in [5.41, 5.74) is 9.10. The van der Waals surface area contributed by atoms with Crippen LogP contribution in [0.2, 0.25) is 0 Å². The lowest BCUT2D eigenvalue weighted by atomic mass is 9.69. The lowest BCUT2D eigenvalue weighted by Gasteiger charge is -2.37. The minimum absolute atomic E-state index is 0.248. The maximum atomic E-state index is 6.07. The molecule has 1 saturated carbocycles. The molecule has 0 unspecified atom stereocenters. The van der Waals surface area contributed by atoms with Crippen molar-refractivity contribution >= 4 is 0 Å². The Morgan fingerprint density at radius 2 is 1.78 bits per heavy atom. The molecule has 1 aliphatic rings. The third kappa shape index (κ3) is 2.93. The Kier molecular flexibility index (Phi) is 4.79. The van der Waals surface area contributed by atoms with Gasteiger partial charge in [-0.05, 0) is 30.4 Å². The number of benzene rings is 1. The van der Waals surface area contributed by atoms with Crippen LogP contribution in [0.1, 0.15) is 43.2 Å². The Bertz CT molecular complexity index is 352. The van der Waals surface area contributed by atoms with Gasteiger partial charge in [0, 0.05) is 19.1 Å². The predicted molar refractivity (Wildman–Crippen MR) is 75.8 cm³/mol. The molecule has 1 fully saturated rings. The van der Waals surface area contributed by atoms with Gasteiger partial charge in [-0.15, -0.1) is 0 Å². The highest BCUT2D eigenvalue weighted by atomic mass is 16.5.